The van der Waals surface area contributed by atoms with Crippen LogP contribution in [0.15, 0.2) is 36.4 Å². The third kappa shape index (κ3) is 2.35. The molecule has 0 unspecified atom stereocenters. The van der Waals surface area contributed by atoms with Crippen molar-refractivity contribution in [2.45, 2.75) is 6.92 Å². The number of aryl methyl sites for hydroxylation is 1. The molecule has 0 bridgehead atoms. The number of carboxylic acids is 1. The fourth-order valence-corrected chi connectivity index (χ4v) is 1.91. The van der Waals surface area contributed by atoms with Gasteiger partial charge in [0.15, 0.2) is 0 Å². The minimum Gasteiger partial charge on any atom is -0.478 e. The van der Waals surface area contributed by atoms with Crippen molar-refractivity contribution in [1.82, 2.24) is 0 Å². The Morgan fingerprint density at radius 1 is 1.25 bits per heavy atom. The Labute approximate surface area is 113 Å². The highest BCUT2D eigenvalue weighted by molar-refractivity contribution is 5.97. The summed E-state index contributed by atoms with van der Waals surface area (Å²) in [5, 5.41) is 19.8. The molecule has 2 rings (SSSR count). The normalized spacial score (nSPS) is 10.3. The number of halogens is 1. The molecule has 6 heteroatoms. The van der Waals surface area contributed by atoms with E-state index in [4.69, 9.17) is 5.11 Å². The van der Waals surface area contributed by atoms with Crippen molar-refractivity contribution in [3.05, 3.63) is 63.5 Å². The van der Waals surface area contributed by atoms with Crippen molar-refractivity contribution in [3.8, 4) is 11.1 Å². The molecule has 2 aromatic carbocycles. The third-order valence-electron chi connectivity index (χ3n) is 2.93. The van der Waals surface area contributed by atoms with Crippen LogP contribution >= 0.6 is 0 Å². The van der Waals surface area contributed by atoms with Gasteiger partial charge in [0.2, 0.25) is 0 Å². The fourth-order valence-electron chi connectivity index (χ4n) is 1.91. The van der Waals surface area contributed by atoms with Crippen LogP contribution in [-0.2, 0) is 0 Å². The Morgan fingerprint density at radius 2 is 1.95 bits per heavy atom. The molecule has 0 aromatic heterocycles. The number of nitro benzene ring substituents is 1. The van der Waals surface area contributed by atoms with E-state index >= 15 is 0 Å². The third-order valence-corrected chi connectivity index (χ3v) is 2.93. The number of aromatic carboxylic acids is 1. The molecule has 0 saturated heterocycles. The van der Waals surface area contributed by atoms with Gasteiger partial charge in [0.05, 0.1) is 10.5 Å². The zero-order valence-corrected chi connectivity index (χ0v) is 10.5. The van der Waals surface area contributed by atoms with E-state index in [1.807, 2.05) is 0 Å². The zero-order chi connectivity index (χ0) is 14.9. The average molecular weight is 275 g/mol. The molecular weight excluding hydrogens is 265 g/mol. The van der Waals surface area contributed by atoms with E-state index in [9.17, 15) is 19.3 Å². The number of benzene rings is 2. The Hall–Kier alpha value is -2.76. The lowest BCUT2D eigenvalue weighted by molar-refractivity contribution is -0.384. The first kappa shape index (κ1) is 13.7. The first-order valence-electron chi connectivity index (χ1n) is 5.69. The molecule has 1 N–H and O–H groups in total. The summed E-state index contributed by atoms with van der Waals surface area (Å²) in [7, 11) is 0. The van der Waals surface area contributed by atoms with Crippen LogP contribution in [0.25, 0.3) is 11.1 Å². The molecular formula is C14H10FNO4. The van der Waals surface area contributed by atoms with Crippen molar-refractivity contribution in [2.75, 3.05) is 0 Å². The largest absolute Gasteiger partial charge is 0.478 e. The summed E-state index contributed by atoms with van der Waals surface area (Å²) >= 11 is 0. The second kappa shape index (κ2) is 5.08. The minimum absolute atomic E-state index is 0.109. The highest BCUT2D eigenvalue weighted by atomic mass is 19.1. The minimum atomic E-state index is -1.34. The molecule has 0 aliphatic heterocycles. The van der Waals surface area contributed by atoms with Crippen LogP contribution in [0.4, 0.5) is 10.1 Å². The maximum atomic E-state index is 14.1. The summed E-state index contributed by atoms with van der Waals surface area (Å²) in [4.78, 5) is 21.2. The van der Waals surface area contributed by atoms with Crippen LogP contribution in [0.3, 0.4) is 0 Å². The second-order valence-electron chi connectivity index (χ2n) is 4.23. The van der Waals surface area contributed by atoms with Gasteiger partial charge in [-0.1, -0.05) is 18.2 Å². The van der Waals surface area contributed by atoms with Gasteiger partial charge in [0.25, 0.3) is 5.69 Å². The molecule has 0 saturated carbocycles. The second-order valence-corrected chi connectivity index (χ2v) is 4.23. The van der Waals surface area contributed by atoms with Gasteiger partial charge in [-0.05, 0) is 24.1 Å². The molecule has 0 aliphatic rings. The number of rotatable bonds is 3. The molecule has 0 radical (unpaired) electrons. The van der Waals surface area contributed by atoms with Gasteiger partial charge in [-0.3, -0.25) is 10.1 Å². The van der Waals surface area contributed by atoms with Crippen molar-refractivity contribution in [3.63, 3.8) is 0 Å². The Bertz CT molecular complexity index is 712. The molecule has 2 aromatic rings. The predicted molar refractivity (Wildman–Crippen MR) is 70.2 cm³/mol. The first-order valence-corrected chi connectivity index (χ1v) is 5.69. The number of non-ortho nitro benzene ring substituents is 1. The van der Waals surface area contributed by atoms with Gasteiger partial charge in [0.1, 0.15) is 5.82 Å². The van der Waals surface area contributed by atoms with Gasteiger partial charge < -0.3 is 5.11 Å². The number of carboxylic acid groups (broad SMARTS) is 1. The van der Waals surface area contributed by atoms with Crippen LogP contribution in [-0.4, -0.2) is 16.0 Å². The SMILES string of the molecule is Cc1cccc(-c2ccc([N+](=O)[O-])cc2C(=O)O)c1F. The zero-order valence-electron chi connectivity index (χ0n) is 10.5. The van der Waals surface area contributed by atoms with Crippen molar-refractivity contribution in [2.24, 2.45) is 0 Å². The molecule has 102 valence electrons. The molecule has 5 nitrogen and oxygen atoms in total. The van der Waals surface area contributed by atoms with E-state index in [1.54, 1.807) is 19.1 Å². The van der Waals surface area contributed by atoms with Gasteiger partial charge in [-0.15, -0.1) is 0 Å². The van der Waals surface area contributed by atoms with E-state index < -0.39 is 16.7 Å². The fraction of sp³-hybridized carbons (Fsp3) is 0.0714. The van der Waals surface area contributed by atoms with E-state index in [0.717, 1.165) is 12.1 Å². The Balaban J connectivity index is 2.71. The summed E-state index contributed by atoms with van der Waals surface area (Å²) in [6.45, 7) is 1.56. The monoisotopic (exact) mass is 275 g/mol. The van der Waals surface area contributed by atoms with Gasteiger partial charge in [-0.25, -0.2) is 9.18 Å². The Kier molecular flexibility index (Phi) is 3.47. The number of nitro groups is 1. The lowest BCUT2D eigenvalue weighted by Gasteiger charge is -2.09. The maximum Gasteiger partial charge on any atom is 0.336 e. The van der Waals surface area contributed by atoms with Crippen LogP contribution < -0.4 is 0 Å². The number of carbonyl (C=O) groups is 1. The summed E-state index contributed by atoms with van der Waals surface area (Å²) < 4.78 is 14.1. The smallest absolute Gasteiger partial charge is 0.336 e. The molecule has 20 heavy (non-hydrogen) atoms. The summed E-state index contributed by atoms with van der Waals surface area (Å²) in [6.07, 6.45) is 0. The van der Waals surface area contributed by atoms with Crippen LogP contribution in [0.2, 0.25) is 0 Å². The molecule has 0 amide bonds. The number of nitrogens with zero attached hydrogens (tertiary/aromatic N) is 1. The Morgan fingerprint density at radius 3 is 2.55 bits per heavy atom. The molecule has 0 fully saturated rings. The first-order chi connectivity index (χ1) is 9.41. The quantitative estimate of drug-likeness (QED) is 0.687. The lowest BCUT2D eigenvalue weighted by Crippen LogP contribution is -2.02. The van der Waals surface area contributed by atoms with Crippen LogP contribution in [0.1, 0.15) is 15.9 Å². The van der Waals surface area contributed by atoms with E-state index in [1.165, 1.54) is 12.1 Å². The lowest BCUT2D eigenvalue weighted by atomic mass is 9.97. The van der Waals surface area contributed by atoms with E-state index in [2.05, 4.69) is 0 Å². The number of hydrogen-bond acceptors (Lipinski definition) is 3. The predicted octanol–water partition coefficient (Wildman–Crippen LogP) is 3.41. The summed E-state index contributed by atoms with van der Waals surface area (Å²) in [6, 6.07) is 7.93. The maximum absolute atomic E-state index is 14.1. The average Bonchev–Trinajstić information content (AvgIpc) is 2.41. The topological polar surface area (TPSA) is 80.4 Å². The van der Waals surface area contributed by atoms with Crippen LogP contribution in [0.5, 0.6) is 0 Å². The molecule has 0 atom stereocenters. The van der Waals surface area contributed by atoms with Crippen molar-refractivity contribution < 1.29 is 19.2 Å². The van der Waals surface area contributed by atoms with Gasteiger partial charge in [0, 0.05) is 17.7 Å². The van der Waals surface area contributed by atoms with E-state index in [-0.39, 0.29) is 22.4 Å². The summed E-state index contributed by atoms with van der Waals surface area (Å²) in [5.74, 6) is -1.88. The highest BCUT2D eigenvalue weighted by Crippen LogP contribution is 2.30. The van der Waals surface area contributed by atoms with Gasteiger partial charge in [-0.2, -0.15) is 0 Å². The van der Waals surface area contributed by atoms with Gasteiger partial charge >= 0.3 is 5.97 Å². The molecule has 0 spiro atoms. The van der Waals surface area contributed by atoms with E-state index in [0.29, 0.717) is 5.56 Å². The van der Waals surface area contributed by atoms with Crippen molar-refractivity contribution in [1.29, 1.82) is 0 Å². The molecule has 0 aliphatic carbocycles. The molecule has 0 heterocycles. The van der Waals surface area contributed by atoms with Crippen molar-refractivity contribution >= 4 is 11.7 Å². The number of hydrogen-bond donors (Lipinski definition) is 1. The highest BCUT2D eigenvalue weighted by Gasteiger charge is 2.19. The van der Waals surface area contributed by atoms with Crippen LogP contribution in [0, 0.1) is 22.9 Å². The summed E-state index contributed by atoms with van der Waals surface area (Å²) in [5.41, 5.74) is -0.0540. The standard InChI is InChI=1S/C14H10FNO4/c1-8-3-2-4-11(13(8)15)10-6-5-9(16(19)20)7-12(10)14(17)18/h2-7H,1H3,(H,17,18).